The second kappa shape index (κ2) is 23.0. The summed E-state index contributed by atoms with van der Waals surface area (Å²) in [5.74, 6) is -1.82. The lowest BCUT2D eigenvalue weighted by atomic mass is 9.49. The number of carbonyl (C=O) groups excluding carboxylic acids is 7. The van der Waals surface area contributed by atoms with Crippen molar-refractivity contribution in [1.82, 2.24) is 36.8 Å². The summed E-state index contributed by atoms with van der Waals surface area (Å²) in [5, 5.41) is 25.8. The quantitative estimate of drug-likeness (QED) is 0.0849. The number of amides is 6. The monoisotopic (exact) mass is 924 g/mol. The summed E-state index contributed by atoms with van der Waals surface area (Å²) in [6, 6.07) is 9.75. The number of phenols is 1. The standard InChI is InChI=1S/C51H69N7O9/c1-31(2)20-43(50(66)67-19-17-51-26-36-21-37(27-51)23-38(22-36)28-51)57-49(65)41(24-34-10-7-6-8-11-34)55-44(60)29-52-45(61)32(3)54-48(64)42(25-35-13-15-40(59)16-14-35)56-46(62)33(4)53-47(63)39-12-9-18-58(5)30-39/h6-11,13-16,18,30-33,36-38,41-43,59H,12,17,19-29H2,1-5H3,(H,52,61)(H,53,63)(H,54,64)(H,55,60)(H,56,62)(H,57,65)/t32-,33+,36?,37?,38?,41+,42+,43-,51?/m1/s1. The fraction of sp³-hybridized carbons (Fsp3) is 0.549. The zero-order valence-corrected chi connectivity index (χ0v) is 39.5. The van der Waals surface area contributed by atoms with Crippen molar-refractivity contribution in [1.29, 1.82) is 0 Å². The topological polar surface area (TPSA) is 224 Å². The zero-order chi connectivity index (χ0) is 48.3. The zero-order valence-electron chi connectivity index (χ0n) is 39.5. The highest BCUT2D eigenvalue weighted by Gasteiger charge is 2.50. The summed E-state index contributed by atoms with van der Waals surface area (Å²) >= 11 is 0. The van der Waals surface area contributed by atoms with Gasteiger partial charge in [-0.25, -0.2) is 4.79 Å². The molecule has 362 valence electrons. The van der Waals surface area contributed by atoms with E-state index in [2.05, 4.69) is 31.9 Å². The third kappa shape index (κ3) is 14.6. The number of ether oxygens (including phenoxy) is 1. The lowest BCUT2D eigenvalue weighted by molar-refractivity contribution is -0.151. The molecule has 2 aromatic rings. The molecular weight excluding hydrogens is 855 g/mol. The van der Waals surface area contributed by atoms with E-state index in [-0.39, 0.29) is 29.9 Å². The second-order valence-electron chi connectivity index (χ2n) is 19.8. The number of aromatic hydroxyl groups is 1. The molecule has 5 aliphatic rings. The molecule has 0 saturated heterocycles. The van der Waals surface area contributed by atoms with Gasteiger partial charge in [0.2, 0.25) is 35.4 Å². The van der Waals surface area contributed by atoms with Gasteiger partial charge in [-0.05, 0) is 130 Å². The smallest absolute Gasteiger partial charge is 0.328 e. The Kier molecular flexibility index (Phi) is 17.3. The molecule has 0 unspecified atom stereocenters. The number of allylic oxidation sites excluding steroid dienone is 1. The maximum atomic E-state index is 14.0. The van der Waals surface area contributed by atoms with Gasteiger partial charge in [0.1, 0.15) is 36.0 Å². The molecule has 4 fully saturated rings. The van der Waals surface area contributed by atoms with E-state index in [9.17, 15) is 38.7 Å². The first-order valence-corrected chi connectivity index (χ1v) is 23.8. The van der Waals surface area contributed by atoms with Gasteiger partial charge in [0, 0.05) is 31.7 Å². The predicted molar refractivity (Wildman–Crippen MR) is 251 cm³/mol. The van der Waals surface area contributed by atoms with Crippen LogP contribution >= 0.6 is 0 Å². The normalized spacial score (nSPS) is 22.6. The average molecular weight is 924 g/mol. The molecule has 4 aliphatic carbocycles. The molecule has 5 atom stereocenters. The first kappa shape index (κ1) is 50.2. The molecule has 0 radical (unpaired) electrons. The lowest BCUT2D eigenvalue weighted by Gasteiger charge is -2.57. The van der Waals surface area contributed by atoms with Crippen LogP contribution in [-0.2, 0) is 51.1 Å². The highest BCUT2D eigenvalue weighted by molar-refractivity contribution is 5.99. The lowest BCUT2D eigenvalue weighted by Crippen LogP contribution is -2.57. The molecule has 2 aromatic carbocycles. The summed E-state index contributed by atoms with van der Waals surface area (Å²) in [4.78, 5) is 96.0. The largest absolute Gasteiger partial charge is 0.508 e. The third-order valence-corrected chi connectivity index (χ3v) is 13.5. The molecule has 4 bridgehead atoms. The van der Waals surface area contributed by atoms with Gasteiger partial charge < -0.3 is 46.6 Å². The number of phenolic OH excluding ortho intramolecular Hbond substituents is 1. The van der Waals surface area contributed by atoms with Gasteiger partial charge in [0.25, 0.3) is 0 Å². The summed E-state index contributed by atoms with van der Waals surface area (Å²) in [6.45, 7) is 6.59. The molecule has 67 heavy (non-hydrogen) atoms. The van der Waals surface area contributed by atoms with Crippen molar-refractivity contribution in [2.45, 2.75) is 129 Å². The van der Waals surface area contributed by atoms with Gasteiger partial charge in [0.15, 0.2) is 0 Å². The summed E-state index contributed by atoms with van der Waals surface area (Å²) in [5.41, 5.74) is 2.06. The van der Waals surface area contributed by atoms with Crippen LogP contribution < -0.4 is 31.9 Å². The number of hydrogen-bond acceptors (Lipinski definition) is 10. The molecule has 0 aromatic heterocycles. The molecule has 6 amide bonds. The van der Waals surface area contributed by atoms with E-state index in [0.29, 0.717) is 30.6 Å². The number of rotatable bonds is 22. The van der Waals surface area contributed by atoms with E-state index in [1.165, 1.54) is 64.5 Å². The Balaban J connectivity index is 1.03. The van der Waals surface area contributed by atoms with Crippen molar-refractivity contribution >= 4 is 41.4 Å². The number of nitrogens with zero attached hydrogens (tertiary/aromatic N) is 1. The number of nitrogens with one attached hydrogen (secondary N) is 6. The molecule has 1 heterocycles. The SMILES string of the molecule is CC(C)C[C@@H](NC(=O)[C@H](Cc1ccccc1)NC(=O)CNC(=O)[C@@H](C)NC(=O)[C@H](Cc1ccc(O)cc1)NC(=O)[C@H](C)NC(=O)C1=CN(C)C=CC1)C(=O)OCCC12CC3CC(CC(C3)C1)C2. The maximum Gasteiger partial charge on any atom is 0.328 e. The first-order valence-electron chi connectivity index (χ1n) is 23.8. The number of carbonyl (C=O) groups is 7. The Labute approximate surface area is 393 Å². The van der Waals surface area contributed by atoms with Crippen LogP contribution in [0.1, 0.15) is 96.6 Å². The van der Waals surface area contributed by atoms with Crippen LogP contribution in [0.3, 0.4) is 0 Å². The Morgan fingerprint density at radius 2 is 1.27 bits per heavy atom. The van der Waals surface area contributed by atoms with Crippen LogP contribution in [0.2, 0.25) is 0 Å². The van der Waals surface area contributed by atoms with Gasteiger partial charge in [-0.3, -0.25) is 28.8 Å². The highest BCUT2D eigenvalue weighted by Crippen LogP contribution is 2.61. The molecule has 0 spiro atoms. The molecule has 7 N–H and O–H groups in total. The minimum Gasteiger partial charge on any atom is -0.508 e. The second-order valence-corrected chi connectivity index (χ2v) is 19.8. The molecule has 16 heteroatoms. The van der Waals surface area contributed by atoms with Crippen molar-refractivity contribution in [2.24, 2.45) is 29.1 Å². The van der Waals surface area contributed by atoms with Crippen LogP contribution in [-0.4, -0.2) is 102 Å². The first-order chi connectivity index (χ1) is 31.9. The van der Waals surface area contributed by atoms with E-state index in [4.69, 9.17) is 4.74 Å². The van der Waals surface area contributed by atoms with Crippen LogP contribution in [0.15, 0.2) is 78.6 Å². The predicted octanol–water partition coefficient (Wildman–Crippen LogP) is 3.69. The van der Waals surface area contributed by atoms with Crippen molar-refractivity contribution in [2.75, 3.05) is 20.2 Å². The van der Waals surface area contributed by atoms with Gasteiger partial charge in [-0.2, -0.15) is 0 Å². The van der Waals surface area contributed by atoms with E-state index >= 15 is 0 Å². The average Bonchev–Trinajstić information content (AvgIpc) is 3.27. The van der Waals surface area contributed by atoms with Crippen molar-refractivity contribution in [3.05, 3.63) is 89.8 Å². The number of esters is 1. The summed E-state index contributed by atoms with van der Waals surface area (Å²) in [7, 11) is 1.78. The Bertz CT molecular complexity index is 2120. The number of hydrogen-bond donors (Lipinski definition) is 7. The fourth-order valence-corrected chi connectivity index (χ4v) is 10.6. The molecule has 4 saturated carbocycles. The van der Waals surface area contributed by atoms with Crippen molar-refractivity contribution in [3.8, 4) is 5.75 Å². The summed E-state index contributed by atoms with van der Waals surface area (Å²) in [6.07, 6.45) is 14.6. The molecular formula is C51H69N7O9. The van der Waals surface area contributed by atoms with Crippen molar-refractivity contribution in [3.63, 3.8) is 0 Å². The van der Waals surface area contributed by atoms with E-state index < -0.39 is 78.2 Å². The Morgan fingerprint density at radius 3 is 1.88 bits per heavy atom. The minimum atomic E-state index is -1.20. The van der Waals surface area contributed by atoms with E-state index in [1.54, 1.807) is 30.3 Å². The molecule has 7 rings (SSSR count). The van der Waals surface area contributed by atoms with E-state index in [1.807, 2.05) is 56.5 Å². The maximum absolute atomic E-state index is 14.0. The van der Waals surface area contributed by atoms with Crippen LogP contribution in [0.25, 0.3) is 0 Å². The van der Waals surface area contributed by atoms with Crippen LogP contribution in [0.5, 0.6) is 5.75 Å². The molecule has 1 aliphatic heterocycles. The molecule has 16 nitrogen and oxygen atoms in total. The van der Waals surface area contributed by atoms with Crippen LogP contribution in [0, 0.1) is 29.1 Å². The van der Waals surface area contributed by atoms with Crippen LogP contribution in [0.4, 0.5) is 0 Å². The minimum absolute atomic E-state index is 0.0106. The third-order valence-electron chi connectivity index (χ3n) is 13.5. The number of benzene rings is 2. The Morgan fingerprint density at radius 1 is 0.701 bits per heavy atom. The fourth-order valence-electron chi connectivity index (χ4n) is 10.6. The van der Waals surface area contributed by atoms with Crippen molar-refractivity contribution < 1.29 is 43.4 Å². The van der Waals surface area contributed by atoms with Gasteiger partial charge >= 0.3 is 5.97 Å². The van der Waals surface area contributed by atoms with Gasteiger partial charge in [0.05, 0.1) is 13.2 Å². The summed E-state index contributed by atoms with van der Waals surface area (Å²) < 4.78 is 5.89. The van der Waals surface area contributed by atoms with E-state index in [0.717, 1.165) is 29.7 Å². The highest BCUT2D eigenvalue weighted by atomic mass is 16.5. The van der Waals surface area contributed by atoms with Gasteiger partial charge in [-0.15, -0.1) is 0 Å². The Hall–Kier alpha value is -6.19. The van der Waals surface area contributed by atoms with Gasteiger partial charge in [-0.1, -0.05) is 62.4 Å².